The number of rotatable bonds is 5. The van der Waals surface area contributed by atoms with Crippen molar-refractivity contribution in [2.45, 2.75) is 44.2 Å². The van der Waals surface area contributed by atoms with Gasteiger partial charge in [0.1, 0.15) is 6.04 Å². The summed E-state index contributed by atoms with van der Waals surface area (Å²) in [5.74, 6) is 0. The van der Waals surface area contributed by atoms with Gasteiger partial charge in [0.2, 0.25) is 0 Å². The first-order valence-corrected chi connectivity index (χ1v) is 5.08. The van der Waals surface area contributed by atoms with Gasteiger partial charge in [-0.2, -0.15) is 26.3 Å². The van der Waals surface area contributed by atoms with E-state index in [4.69, 9.17) is 5.73 Å². The largest absolute Gasteiger partial charge is 0.405 e. The van der Waals surface area contributed by atoms with E-state index in [1.54, 1.807) is 0 Å². The highest BCUT2D eigenvalue weighted by atomic mass is 19.4. The molecule has 2 unspecified atom stereocenters. The van der Waals surface area contributed by atoms with Gasteiger partial charge in [-0.25, -0.2) is 0 Å². The zero-order chi connectivity index (χ0) is 13.9. The van der Waals surface area contributed by atoms with Crippen LogP contribution in [0.4, 0.5) is 26.3 Å². The van der Waals surface area contributed by atoms with Crippen molar-refractivity contribution in [1.82, 2.24) is 4.90 Å². The van der Waals surface area contributed by atoms with Gasteiger partial charge in [-0.1, -0.05) is 6.92 Å². The lowest BCUT2D eigenvalue weighted by atomic mass is 10.0. The lowest BCUT2D eigenvalue weighted by molar-refractivity contribution is -0.192. The summed E-state index contributed by atoms with van der Waals surface area (Å²) in [5, 5.41) is 0. The maximum absolute atomic E-state index is 12.6. The van der Waals surface area contributed by atoms with Gasteiger partial charge in [-0.05, 0) is 13.5 Å². The minimum Gasteiger partial charge on any atom is -0.326 e. The summed E-state index contributed by atoms with van der Waals surface area (Å²) in [7, 11) is 0.999. The molecule has 104 valence electrons. The van der Waals surface area contributed by atoms with Crippen LogP contribution in [0.15, 0.2) is 0 Å². The van der Waals surface area contributed by atoms with Gasteiger partial charge >= 0.3 is 12.4 Å². The summed E-state index contributed by atoms with van der Waals surface area (Å²) in [6.45, 7) is 0.738. The Balaban J connectivity index is 4.60. The highest BCUT2D eigenvalue weighted by Crippen LogP contribution is 2.28. The van der Waals surface area contributed by atoms with Crippen LogP contribution < -0.4 is 5.73 Å². The molecule has 0 radical (unpaired) electrons. The fraction of sp³-hybridized carbons (Fsp3) is 1.00. The quantitative estimate of drug-likeness (QED) is 0.775. The van der Waals surface area contributed by atoms with Crippen molar-refractivity contribution in [3.8, 4) is 0 Å². The molecule has 17 heavy (non-hydrogen) atoms. The monoisotopic (exact) mass is 266 g/mol. The Hall–Kier alpha value is -0.500. The molecule has 2 atom stereocenters. The first kappa shape index (κ1) is 16.5. The first-order chi connectivity index (χ1) is 7.49. The maximum Gasteiger partial charge on any atom is 0.405 e. The van der Waals surface area contributed by atoms with Crippen LogP contribution in [0.25, 0.3) is 0 Å². The van der Waals surface area contributed by atoms with Crippen LogP contribution in [-0.2, 0) is 0 Å². The Kier molecular flexibility index (Phi) is 5.73. The molecule has 0 bridgehead atoms. The molecule has 0 aliphatic rings. The molecule has 2 nitrogen and oxygen atoms in total. The summed E-state index contributed by atoms with van der Waals surface area (Å²) in [6, 6.07) is -3.27. The summed E-state index contributed by atoms with van der Waals surface area (Å²) >= 11 is 0. The number of halogens is 6. The predicted molar refractivity (Wildman–Crippen MR) is 51.4 cm³/mol. The van der Waals surface area contributed by atoms with Gasteiger partial charge in [0.15, 0.2) is 0 Å². The van der Waals surface area contributed by atoms with Crippen molar-refractivity contribution >= 4 is 0 Å². The van der Waals surface area contributed by atoms with Crippen LogP contribution in [0.2, 0.25) is 0 Å². The SMILES string of the molecule is CCC(N)C(N(C)CCC(F)(F)F)C(F)(F)F. The van der Waals surface area contributed by atoms with Crippen molar-refractivity contribution in [2.24, 2.45) is 5.73 Å². The second-order valence-corrected chi connectivity index (χ2v) is 3.90. The van der Waals surface area contributed by atoms with Crippen LogP contribution >= 0.6 is 0 Å². The summed E-state index contributed by atoms with van der Waals surface area (Å²) in [5.41, 5.74) is 5.30. The van der Waals surface area contributed by atoms with E-state index in [9.17, 15) is 26.3 Å². The summed E-state index contributed by atoms with van der Waals surface area (Å²) in [4.78, 5) is 0.613. The van der Waals surface area contributed by atoms with E-state index in [0.29, 0.717) is 4.90 Å². The molecule has 0 aliphatic heterocycles. The zero-order valence-electron chi connectivity index (χ0n) is 9.57. The van der Waals surface area contributed by atoms with E-state index in [0.717, 1.165) is 7.05 Å². The standard InChI is InChI=1S/C9H16F6N2/c1-3-6(16)7(9(13,14)15)17(2)5-4-8(10,11)12/h6-7H,3-5,16H2,1-2H3. The van der Waals surface area contributed by atoms with Gasteiger partial charge in [-0.15, -0.1) is 0 Å². The van der Waals surface area contributed by atoms with Gasteiger partial charge in [0.05, 0.1) is 6.42 Å². The molecular weight excluding hydrogens is 250 g/mol. The third-order valence-corrected chi connectivity index (χ3v) is 2.44. The number of nitrogens with two attached hydrogens (primary N) is 1. The van der Waals surface area contributed by atoms with Crippen LogP contribution in [0.3, 0.4) is 0 Å². The second-order valence-electron chi connectivity index (χ2n) is 3.90. The molecule has 0 aromatic heterocycles. The van der Waals surface area contributed by atoms with E-state index >= 15 is 0 Å². The fourth-order valence-corrected chi connectivity index (χ4v) is 1.48. The third kappa shape index (κ3) is 6.11. The number of hydrogen-bond donors (Lipinski definition) is 1. The molecule has 0 rings (SSSR count). The number of hydrogen-bond acceptors (Lipinski definition) is 2. The minimum atomic E-state index is -4.63. The molecule has 0 saturated heterocycles. The molecule has 0 saturated carbocycles. The van der Waals surface area contributed by atoms with E-state index in [1.165, 1.54) is 6.92 Å². The normalized spacial score (nSPS) is 17.3. The summed E-state index contributed by atoms with van der Waals surface area (Å²) in [6.07, 6.45) is -10.3. The first-order valence-electron chi connectivity index (χ1n) is 5.08. The summed E-state index contributed by atoms with van der Waals surface area (Å²) < 4.78 is 73.6. The number of likely N-dealkylation sites (N-methyl/N-ethyl adjacent to an activating group) is 1. The molecule has 0 aromatic carbocycles. The number of nitrogens with zero attached hydrogens (tertiary/aromatic N) is 1. The Morgan fingerprint density at radius 2 is 1.59 bits per heavy atom. The molecular formula is C9H16F6N2. The van der Waals surface area contributed by atoms with Gasteiger partial charge in [0.25, 0.3) is 0 Å². The molecule has 2 N–H and O–H groups in total. The van der Waals surface area contributed by atoms with Crippen molar-refractivity contribution in [2.75, 3.05) is 13.6 Å². The Morgan fingerprint density at radius 1 is 1.12 bits per heavy atom. The zero-order valence-corrected chi connectivity index (χ0v) is 9.57. The molecule has 0 aromatic rings. The van der Waals surface area contributed by atoms with Crippen LogP contribution in [0, 0.1) is 0 Å². The average molecular weight is 266 g/mol. The molecule has 0 aliphatic carbocycles. The fourth-order valence-electron chi connectivity index (χ4n) is 1.48. The van der Waals surface area contributed by atoms with Gasteiger partial charge < -0.3 is 5.73 Å². The highest BCUT2D eigenvalue weighted by molar-refractivity contribution is 4.86. The number of alkyl halides is 6. The van der Waals surface area contributed by atoms with Crippen molar-refractivity contribution in [3.05, 3.63) is 0 Å². The van der Waals surface area contributed by atoms with Crippen molar-refractivity contribution in [3.63, 3.8) is 0 Å². The van der Waals surface area contributed by atoms with Crippen molar-refractivity contribution < 1.29 is 26.3 Å². The molecule has 0 spiro atoms. The molecule has 0 heterocycles. The maximum atomic E-state index is 12.6. The van der Waals surface area contributed by atoms with Crippen LogP contribution in [0.1, 0.15) is 19.8 Å². The Labute approximate surface area is 95.8 Å². The van der Waals surface area contributed by atoms with Crippen LogP contribution in [0.5, 0.6) is 0 Å². The average Bonchev–Trinajstić information content (AvgIpc) is 2.11. The van der Waals surface area contributed by atoms with E-state index in [-0.39, 0.29) is 6.42 Å². The van der Waals surface area contributed by atoms with E-state index in [2.05, 4.69) is 0 Å². The topological polar surface area (TPSA) is 29.3 Å². The van der Waals surface area contributed by atoms with Crippen LogP contribution in [-0.4, -0.2) is 42.9 Å². The lowest BCUT2D eigenvalue weighted by Crippen LogP contribution is -2.55. The van der Waals surface area contributed by atoms with E-state index in [1.807, 2.05) is 0 Å². The highest BCUT2D eigenvalue weighted by Gasteiger charge is 2.46. The predicted octanol–water partition coefficient (Wildman–Crippen LogP) is 2.54. The lowest BCUT2D eigenvalue weighted by Gasteiger charge is -2.33. The van der Waals surface area contributed by atoms with Gasteiger partial charge in [0, 0.05) is 12.6 Å². The molecule has 8 heteroatoms. The van der Waals surface area contributed by atoms with E-state index < -0.39 is 37.4 Å². The molecule has 0 amide bonds. The minimum absolute atomic E-state index is 0.0422. The third-order valence-electron chi connectivity index (χ3n) is 2.44. The smallest absolute Gasteiger partial charge is 0.326 e. The van der Waals surface area contributed by atoms with Crippen molar-refractivity contribution in [1.29, 1.82) is 0 Å². The Morgan fingerprint density at radius 3 is 1.88 bits per heavy atom. The van der Waals surface area contributed by atoms with Gasteiger partial charge in [-0.3, -0.25) is 4.90 Å². The molecule has 0 fully saturated rings. The second kappa shape index (κ2) is 5.90. The Bertz CT molecular complexity index is 225.